The minimum absolute atomic E-state index is 0.198. The lowest BCUT2D eigenvalue weighted by molar-refractivity contribution is 0.0949. The molecular formula is C23H19BrN4O3. The Morgan fingerprint density at radius 2 is 1.77 bits per heavy atom. The number of carbonyl (C=O) groups excluding carboxylic acids is 2. The van der Waals surface area contributed by atoms with E-state index in [2.05, 4.69) is 31.7 Å². The first-order valence-electron chi connectivity index (χ1n) is 9.54. The molecule has 2 N–H and O–H groups in total. The van der Waals surface area contributed by atoms with Crippen LogP contribution in [0.1, 0.15) is 32.2 Å². The number of hydrogen-bond acceptors (Lipinski definition) is 4. The van der Waals surface area contributed by atoms with Crippen LogP contribution in [0.4, 0.5) is 5.69 Å². The third-order valence-electron chi connectivity index (χ3n) is 4.74. The molecule has 0 aliphatic rings. The fourth-order valence-electron chi connectivity index (χ4n) is 3.06. The van der Waals surface area contributed by atoms with Gasteiger partial charge < -0.3 is 15.1 Å². The highest BCUT2D eigenvalue weighted by Crippen LogP contribution is 2.18. The summed E-state index contributed by atoms with van der Waals surface area (Å²) >= 11 is 3.41. The molecule has 4 aromatic rings. The van der Waals surface area contributed by atoms with Crippen LogP contribution >= 0.6 is 15.9 Å². The molecule has 31 heavy (non-hydrogen) atoms. The first-order chi connectivity index (χ1) is 15.0. The number of nitrogens with one attached hydrogen (secondary N) is 2. The molecule has 4 rings (SSSR count). The van der Waals surface area contributed by atoms with Crippen molar-refractivity contribution in [2.45, 2.75) is 13.5 Å². The van der Waals surface area contributed by atoms with Crippen LogP contribution in [0.3, 0.4) is 0 Å². The lowest BCUT2D eigenvalue weighted by atomic mass is 10.2. The molecule has 2 aromatic carbocycles. The standard InChI is InChI=1S/C23H19BrN4O3/c1-15-20(14-26-28(15)19-10-6-17(24)7-11-19)22(29)25-13-16-4-8-18(9-5-16)27-23(30)21-3-2-12-31-21/h2-12,14H,13H2,1H3,(H,25,29)(H,27,30). The molecule has 0 unspecified atom stereocenters. The van der Waals surface area contributed by atoms with Crippen molar-refractivity contribution in [3.63, 3.8) is 0 Å². The molecule has 0 radical (unpaired) electrons. The summed E-state index contributed by atoms with van der Waals surface area (Å²) in [5.74, 6) is -0.268. The van der Waals surface area contributed by atoms with Crippen LogP contribution in [-0.2, 0) is 6.54 Å². The summed E-state index contributed by atoms with van der Waals surface area (Å²) in [6, 6.07) is 18.2. The molecule has 2 amide bonds. The Hall–Kier alpha value is -3.65. The average Bonchev–Trinajstić information content (AvgIpc) is 3.44. The summed E-state index contributed by atoms with van der Waals surface area (Å²) in [6.07, 6.45) is 3.02. The van der Waals surface area contributed by atoms with Gasteiger partial charge in [0.25, 0.3) is 11.8 Å². The lowest BCUT2D eigenvalue weighted by Gasteiger charge is -2.08. The Labute approximate surface area is 187 Å². The van der Waals surface area contributed by atoms with Crippen molar-refractivity contribution in [3.05, 3.63) is 100 Å². The van der Waals surface area contributed by atoms with Crippen LogP contribution in [0.15, 0.2) is 82.0 Å². The molecule has 0 saturated heterocycles. The molecule has 8 heteroatoms. The topological polar surface area (TPSA) is 89.2 Å². The van der Waals surface area contributed by atoms with Crippen molar-refractivity contribution in [2.75, 3.05) is 5.32 Å². The Morgan fingerprint density at radius 1 is 1.03 bits per heavy atom. The highest BCUT2D eigenvalue weighted by Gasteiger charge is 2.15. The maximum atomic E-state index is 12.6. The third-order valence-corrected chi connectivity index (χ3v) is 5.26. The molecule has 0 spiro atoms. The van der Waals surface area contributed by atoms with Gasteiger partial charge in [0.2, 0.25) is 0 Å². The van der Waals surface area contributed by atoms with Gasteiger partial charge in [-0.3, -0.25) is 9.59 Å². The van der Waals surface area contributed by atoms with Crippen molar-refractivity contribution in [3.8, 4) is 5.69 Å². The Morgan fingerprint density at radius 3 is 2.45 bits per heavy atom. The summed E-state index contributed by atoms with van der Waals surface area (Å²) in [5.41, 5.74) is 3.71. The average molecular weight is 479 g/mol. The summed E-state index contributed by atoms with van der Waals surface area (Å²) < 4.78 is 7.79. The number of furan rings is 1. The molecule has 0 aliphatic carbocycles. The molecule has 2 heterocycles. The fourth-order valence-corrected chi connectivity index (χ4v) is 3.32. The van der Waals surface area contributed by atoms with E-state index in [9.17, 15) is 9.59 Å². The van der Waals surface area contributed by atoms with Crippen LogP contribution < -0.4 is 10.6 Å². The van der Waals surface area contributed by atoms with Gasteiger partial charge in [0.1, 0.15) is 0 Å². The van der Waals surface area contributed by atoms with Crippen molar-refractivity contribution < 1.29 is 14.0 Å². The van der Waals surface area contributed by atoms with E-state index in [1.54, 1.807) is 35.1 Å². The van der Waals surface area contributed by atoms with E-state index >= 15 is 0 Å². The van der Waals surface area contributed by atoms with Gasteiger partial charge in [-0.25, -0.2) is 4.68 Å². The van der Waals surface area contributed by atoms with Crippen molar-refractivity contribution in [2.24, 2.45) is 0 Å². The minimum Gasteiger partial charge on any atom is -0.459 e. The zero-order valence-electron chi connectivity index (χ0n) is 16.6. The number of nitrogens with zero attached hydrogens (tertiary/aromatic N) is 2. The number of anilines is 1. The highest BCUT2D eigenvalue weighted by molar-refractivity contribution is 9.10. The number of amides is 2. The molecule has 2 aromatic heterocycles. The first kappa shape index (κ1) is 20.6. The second kappa shape index (κ2) is 9.01. The SMILES string of the molecule is Cc1c(C(=O)NCc2ccc(NC(=O)c3ccco3)cc2)cnn1-c1ccc(Br)cc1. The van der Waals surface area contributed by atoms with Crippen LogP contribution in [-0.4, -0.2) is 21.6 Å². The maximum absolute atomic E-state index is 12.6. The predicted octanol–water partition coefficient (Wildman–Crippen LogP) is 4.72. The zero-order chi connectivity index (χ0) is 21.8. The first-order valence-corrected chi connectivity index (χ1v) is 10.3. The maximum Gasteiger partial charge on any atom is 0.291 e. The Kier molecular flexibility index (Phi) is 5.99. The van der Waals surface area contributed by atoms with E-state index < -0.39 is 0 Å². The highest BCUT2D eigenvalue weighted by atomic mass is 79.9. The molecule has 156 valence electrons. The molecule has 0 aliphatic heterocycles. The summed E-state index contributed by atoms with van der Waals surface area (Å²) in [5, 5.41) is 10.0. The number of aromatic nitrogens is 2. The Bertz CT molecular complexity index is 1200. The smallest absolute Gasteiger partial charge is 0.291 e. The van der Waals surface area contributed by atoms with Gasteiger partial charge in [0.05, 0.1) is 29.4 Å². The Balaban J connectivity index is 1.36. The number of carbonyl (C=O) groups is 2. The molecule has 0 fully saturated rings. The molecule has 0 atom stereocenters. The fraction of sp³-hybridized carbons (Fsp3) is 0.0870. The molecule has 0 saturated carbocycles. The lowest BCUT2D eigenvalue weighted by Crippen LogP contribution is -2.23. The van der Waals surface area contributed by atoms with Gasteiger partial charge in [0.15, 0.2) is 5.76 Å². The van der Waals surface area contributed by atoms with Gasteiger partial charge in [-0.15, -0.1) is 0 Å². The van der Waals surface area contributed by atoms with Gasteiger partial charge in [-0.2, -0.15) is 5.10 Å². The molecule has 7 nitrogen and oxygen atoms in total. The monoisotopic (exact) mass is 478 g/mol. The number of halogens is 1. The second-order valence-electron chi connectivity index (χ2n) is 6.84. The number of rotatable bonds is 6. The number of hydrogen-bond donors (Lipinski definition) is 2. The van der Waals surface area contributed by atoms with Crippen molar-refractivity contribution >= 4 is 33.4 Å². The zero-order valence-corrected chi connectivity index (χ0v) is 18.2. The van der Waals surface area contributed by atoms with E-state index in [4.69, 9.17) is 4.42 Å². The second-order valence-corrected chi connectivity index (χ2v) is 7.76. The van der Waals surface area contributed by atoms with Crippen LogP contribution in [0.25, 0.3) is 5.69 Å². The predicted molar refractivity (Wildman–Crippen MR) is 120 cm³/mol. The summed E-state index contributed by atoms with van der Waals surface area (Å²) in [6.45, 7) is 2.22. The van der Waals surface area contributed by atoms with E-state index in [0.29, 0.717) is 17.8 Å². The van der Waals surface area contributed by atoms with Crippen LogP contribution in [0, 0.1) is 6.92 Å². The number of benzene rings is 2. The van der Waals surface area contributed by atoms with E-state index in [0.717, 1.165) is 21.4 Å². The summed E-state index contributed by atoms with van der Waals surface area (Å²) in [4.78, 5) is 24.7. The van der Waals surface area contributed by atoms with Gasteiger partial charge in [-0.1, -0.05) is 28.1 Å². The van der Waals surface area contributed by atoms with E-state index in [-0.39, 0.29) is 17.6 Å². The van der Waals surface area contributed by atoms with Gasteiger partial charge in [-0.05, 0) is 61.0 Å². The van der Waals surface area contributed by atoms with Crippen molar-refractivity contribution in [1.82, 2.24) is 15.1 Å². The largest absolute Gasteiger partial charge is 0.459 e. The summed E-state index contributed by atoms with van der Waals surface area (Å²) in [7, 11) is 0. The third kappa shape index (κ3) is 4.75. The quantitative estimate of drug-likeness (QED) is 0.419. The van der Waals surface area contributed by atoms with Gasteiger partial charge in [0, 0.05) is 16.7 Å². The molecule has 0 bridgehead atoms. The van der Waals surface area contributed by atoms with Gasteiger partial charge >= 0.3 is 0 Å². The van der Waals surface area contributed by atoms with Crippen LogP contribution in [0.2, 0.25) is 0 Å². The van der Waals surface area contributed by atoms with E-state index in [1.165, 1.54) is 6.26 Å². The minimum atomic E-state index is -0.315. The molecular weight excluding hydrogens is 460 g/mol. The van der Waals surface area contributed by atoms with Crippen LogP contribution in [0.5, 0.6) is 0 Å². The van der Waals surface area contributed by atoms with E-state index in [1.807, 2.05) is 43.3 Å². The van der Waals surface area contributed by atoms with Crippen molar-refractivity contribution in [1.29, 1.82) is 0 Å². The normalized spacial score (nSPS) is 10.6.